The molecule has 0 spiro atoms. The van der Waals surface area contributed by atoms with Gasteiger partial charge < -0.3 is 15.0 Å². The Hall–Kier alpha value is -1.56. The fraction of sp³-hybridized carbons (Fsp3) is 0.778. The highest BCUT2D eigenvalue weighted by Crippen LogP contribution is 2.23. The Kier molecular flexibility index (Phi) is 5.76. The molecule has 1 aliphatic heterocycles. The molecule has 0 bridgehead atoms. The van der Waals surface area contributed by atoms with Crippen LogP contribution in [0, 0.1) is 13.8 Å². The van der Waals surface area contributed by atoms with Gasteiger partial charge in [-0.3, -0.25) is 4.68 Å². The van der Waals surface area contributed by atoms with Gasteiger partial charge in [-0.25, -0.2) is 4.79 Å². The third-order valence-corrected chi connectivity index (χ3v) is 5.09. The highest BCUT2D eigenvalue weighted by Gasteiger charge is 2.28. The molecule has 0 aromatic carbocycles. The fourth-order valence-electron chi connectivity index (χ4n) is 3.83. The third kappa shape index (κ3) is 4.29. The van der Waals surface area contributed by atoms with E-state index in [0.717, 1.165) is 38.2 Å². The van der Waals surface area contributed by atoms with Gasteiger partial charge in [0.15, 0.2) is 0 Å². The second kappa shape index (κ2) is 8.01. The Bertz CT molecular complexity index is 551. The van der Waals surface area contributed by atoms with Crippen molar-refractivity contribution in [2.24, 2.45) is 0 Å². The van der Waals surface area contributed by atoms with Crippen LogP contribution in [-0.4, -0.2) is 53.1 Å². The number of hydrogen-bond acceptors (Lipinski definition) is 3. The van der Waals surface area contributed by atoms with Crippen LogP contribution in [0.25, 0.3) is 0 Å². The predicted molar refractivity (Wildman–Crippen MR) is 93.2 cm³/mol. The number of urea groups is 1. The summed E-state index contributed by atoms with van der Waals surface area (Å²) in [5.74, 6) is 0. The summed E-state index contributed by atoms with van der Waals surface area (Å²) in [6.45, 7) is 7.06. The van der Waals surface area contributed by atoms with Crippen molar-refractivity contribution in [2.45, 2.75) is 64.5 Å². The first-order valence-corrected chi connectivity index (χ1v) is 9.30. The molecule has 1 aromatic heterocycles. The molecule has 6 nitrogen and oxygen atoms in total. The number of carbonyl (C=O) groups excluding carboxylic acids is 1. The van der Waals surface area contributed by atoms with Crippen molar-refractivity contribution in [1.29, 1.82) is 0 Å². The number of amides is 2. The number of likely N-dealkylation sites (tertiary alicyclic amines) is 1. The van der Waals surface area contributed by atoms with E-state index in [9.17, 15) is 4.79 Å². The summed E-state index contributed by atoms with van der Waals surface area (Å²) in [7, 11) is 0. The van der Waals surface area contributed by atoms with Crippen LogP contribution in [0.3, 0.4) is 0 Å². The number of nitrogens with zero attached hydrogens (tertiary/aromatic N) is 3. The second-order valence-electron chi connectivity index (χ2n) is 7.12. The first-order chi connectivity index (χ1) is 11.6. The summed E-state index contributed by atoms with van der Waals surface area (Å²) in [5, 5.41) is 7.57. The van der Waals surface area contributed by atoms with Gasteiger partial charge in [-0.1, -0.05) is 12.8 Å². The first-order valence-electron chi connectivity index (χ1n) is 9.30. The van der Waals surface area contributed by atoms with Crippen molar-refractivity contribution in [3.05, 3.63) is 17.5 Å². The predicted octanol–water partition coefficient (Wildman–Crippen LogP) is 2.81. The topological polar surface area (TPSA) is 59.4 Å². The lowest BCUT2D eigenvalue weighted by Gasteiger charge is -2.18. The number of aryl methyl sites for hydroxylation is 2. The van der Waals surface area contributed by atoms with Crippen LogP contribution in [0.4, 0.5) is 4.79 Å². The molecule has 1 saturated heterocycles. The van der Waals surface area contributed by atoms with E-state index >= 15 is 0 Å². The summed E-state index contributed by atoms with van der Waals surface area (Å²) >= 11 is 0. The number of rotatable bonds is 6. The van der Waals surface area contributed by atoms with E-state index in [1.165, 1.54) is 31.4 Å². The fourth-order valence-corrected chi connectivity index (χ4v) is 3.83. The summed E-state index contributed by atoms with van der Waals surface area (Å²) in [6, 6.07) is 2.43. The standard InChI is InChI=1S/C18H30N4O2/c1-14-12-15(2)22(20-14)16-8-10-21(13-16)18(23)19-9-5-11-24-17-6-3-4-7-17/h12,16-17H,3-11,13H2,1-2H3,(H,19,23)/t16-/m0/s1. The Labute approximate surface area is 144 Å². The van der Waals surface area contributed by atoms with Crippen molar-refractivity contribution < 1.29 is 9.53 Å². The van der Waals surface area contributed by atoms with Gasteiger partial charge in [-0.15, -0.1) is 0 Å². The number of nitrogens with one attached hydrogen (secondary N) is 1. The van der Waals surface area contributed by atoms with Crippen LogP contribution in [0.2, 0.25) is 0 Å². The van der Waals surface area contributed by atoms with E-state index in [4.69, 9.17) is 4.74 Å². The smallest absolute Gasteiger partial charge is 0.317 e. The van der Waals surface area contributed by atoms with Crippen LogP contribution in [-0.2, 0) is 4.74 Å². The average molecular weight is 334 g/mol. The van der Waals surface area contributed by atoms with E-state index < -0.39 is 0 Å². The largest absolute Gasteiger partial charge is 0.378 e. The van der Waals surface area contributed by atoms with Gasteiger partial charge in [-0.05, 0) is 45.6 Å². The molecule has 6 heteroatoms. The summed E-state index contributed by atoms with van der Waals surface area (Å²) in [4.78, 5) is 14.2. The molecule has 134 valence electrons. The van der Waals surface area contributed by atoms with Gasteiger partial charge in [0, 0.05) is 31.9 Å². The van der Waals surface area contributed by atoms with Crippen molar-refractivity contribution in [2.75, 3.05) is 26.2 Å². The van der Waals surface area contributed by atoms with Crippen LogP contribution >= 0.6 is 0 Å². The minimum absolute atomic E-state index is 0.0416. The lowest BCUT2D eigenvalue weighted by atomic mass is 10.2. The molecule has 1 N–H and O–H groups in total. The normalized spacial score (nSPS) is 21.6. The monoisotopic (exact) mass is 334 g/mol. The third-order valence-electron chi connectivity index (χ3n) is 5.09. The molecule has 2 fully saturated rings. The number of carbonyl (C=O) groups is 1. The first kappa shape index (κ1) is 17.3. The lowest BCUT2D eigenvalue weighted by Crippen LogP contribution is -2.39. The number of ether oxygens (including phenoxy) is 1. The zero-order chi connectivity index (χ0) is 16.9. The molecule has 3 rings (SSSR count). The molecule has 1 saturated carbocycles. The molecule has 2 amide bonds. The molecular weight excluding hydrogens is 304 g/mol. The Morgan fingerprint density at radius 1 is 1.33 bits per heavy atom. The van der Waals surface area contributed by atoms with E-state index in [1.54, 1.807) is 0 Å². The molecule has 2 aliphatic rings. The zero-order valence-corrected chi connectivity index (χ0v) is 15.0. The number of hydrogen-bond donors (Lipinski definition) is 1. The van der Waals surface area contributed by atoms with Gasteiger partial charge in [0.05, 0.1) is 17.8 Å². The molecule has 1 atom stereocenters. The van der Waals surface area contributed by atoms with Gasteiger partial charge >= 0.3 is 6.03 Å². The summed E-state index contributed by atoms with van der Waals surface area (Å²) < 4.78 is 7.89. The van der Waals surface area contributed by atoms with Crippen molar-refractivity contribution in [1.82, 2.24) is 20.0 Å². The van der Waals surface area contributed by atoms with E-state index in [-0.39, 0.29) is 6.03 Å². The van der Waals surface area contributed by atoms with Crippen molar-refractivity contribution in [3.8, 4) is 0 Å². The Morgan fingerprint density at radius 3 is 2.83 bits per heavy atom. The van der Waals surface area contributed by atoms with Crippen LogP contribution < -0.4 is 5.32 Å². The van der Waals surface area contributed by atoms with E-state index in [0.29, 0.717) is 18.7 Å². The molecular formula is C18H30N4O2. The minimum Gasteiger partial charge on any atom is -0.378 e. The Balaban J connectivity index is 1.34. The lowest BCUT2D eigenvalue weighted by molar-refractivity contribution is 0.0570. The highest BCUT2D eigenvalue weighted by atomic mass is 16.5. The van der Waals surface area contributed by atoms with Crippen LogP contribution in [0.15, 0.2) is 6.07 Å². The Morgan fingerprint density at radius 2 is 2.12 bits per heavy atom. The SMILES string of the molecule is Cc1cc(C)n([C@H]2CCN(C(=O)NCCCOC3CCCC3)C2)n1. The maximum absolute atomic E-state index is 12.3. The maximum Gasteiger partial charge on any atom is 0.317 e. The van der Waals surface area contributed by atoms with Gasteiger partial charge in [0.25, 0.3) is 0 Å². The van der Waals surface area contributed by atoms with Crippen molar-refractivity contribution >= 4 is 6.03 Å². The maximum atomic E-state index is 12.3. The van der Waals surface area contributed by atoms with Crippen LogP contribution in [0.1, 0.15) is 56.0 Å². The molecule has 1 aliphatic carbocycles. The summed E-state index contributed by atoms with van der Waals surface area (Å²) in [6.07, 6.45) is 7.32. The van der Waals surface area contributed by atoms with Gasteiger partial charge in [-0.2, -0.15) is 5.10 Å². The van der Waals surface area contributed by atoms with E-state index in [1.807, 2.05) is 11.8 Å². The molecule has 0 unspecified atom stereocenters. The quantitative estimate of drug-likeness (QED) is 0.814. The zero-order valence-electron chi connectivity index (χ0n) is 15.0. The van der Waals surface area contributed by atoms with E-state index in [2.05, 4.69) is 28.1 Å². The number of aromatic nitrogens is 2. The molecule has 2 heterocycles. The average Bonchev–Trinajstić information content (AvgIpc) is 3.27. The van der Waals surface area contributed by atoms with Crippen LogP contribution in [0.5, 0.6) is 0 Å². The molecule has 0 radical (unpaired) electrons. The summed E-state index contributed by atoms with van der Waals surface area (Å²) in [5.41, 5.74) is 2.21. The molecule has 24 heavy (non-hydrogen) atoms. The molecule has 1 aromatic rings. The van der Waals surface area contributed by atoms with Gasteiger partial charge in [0.1, 0.15) is 0 Å². The van der Waals surface area contributed by atoms with Crippen molar-refractivity contribution in [3.63, 3.8) is 0 Å². The highest BCUT2D eigenvalue weighted by molar-refractivity contribution is 5.74. The minimum atomic E-state index is 0.0416. The van der Waals surface area contributed by atoms with Gasteiger partial charge in [0.2, 0.25) is 0 Å². The second-order valence-corrected chi connectivity index (χ2v) is 7.12.